The minimum absolute atomic E-state index is 0.0585. The Morgan fingerprint density at radius 2 is 2.05 bits per heavy atom. The molecule has 1 aromatic carbocycles. The van der Waals surface area contributed by atoms with Crippen LogP contribution in [-0.4, -0.2) is 23.1 Å². The van der Waals surface area contributed by atoms with Gasteiger partial charge < -0.3 is 9.64 Å². The highest BCUT2D eigenvalue weighted by atomic mass is 35.5. The molecule has 1 rings (SSSR count). The summed E-state index contributed by atoms with van der Waals surface area (Å²) < 4.78 is 19.2. The van der Waals surface area contributed by atoms with Crippen LogP contribution in [0.25, 0.3) is 0 Å². The number of hydrogen-bond donors (Lipinski definition) is 0. The third-order valence-corrected chi connectivity index (χ3v) is 2.83. The van der Waals surface area contributed by atoms with Crippen LogP contribution in [0, 0.1) is 5.82 Å². The van der Waals surface area contributed by atoms with Gasteiger partial charge in [-0.05, 0) is 33.3 Å². The highest BCUT2D eigenvalue weighted by Gasteiger charge is 2.22. The third-order valence-electron chi connectivity index (χ3n) is 2.54. The zero-order valence-electron chi connectivity index (χ0n) is 12.4. The number of rotatable bonds is 4. The first-order valence-corrected chi connectivity index (χ1v) is 7.03. The number of ether oxygens (including phenoxy) is 1. The predicted molar refractivity (Wildman–Crippen MR) is 78.3 cm³/mol. The van der Waals surface area contributed by atoms with Crippen molar-refractivity contribution in [2.24, 2.45) is 0 Å². The summed E-state index contributed by atoms with van der Waals surface area (Å²) in [5.74, 6) is -0.487. The van der Waals surface area contributed by atoms with Gasteiger partial charge in [-0.1, -0.05) is 30.7 Å². The van der Waals surface area contributed by atoms with Crippen LogP contribution in [0.2, 0.25) is 5.02 Å². The average molecular weight is 302 g/mol. The molecule has 0 aliphatic heterocycles. The summed E-state index contributed by atoms with van der Waals surface area (Å²) in [5, 5.41) is 0.0585. The highest BCUT2D eigenvalue weighted by Crippen LogP contribution is 2.20. The Balaban J connectivity index is 2.87. The standard InChI is InChI=1S/C15H21ClFNO2/c1-5-9-18(14(19)20-15(2,3)4)10-11-7-6-8-12(16)13(11)17/h6-8H,5,9-10H2,1-4H3. The molecule has 0 atom stereocenters. The maximum atomic E-state index is 13.9. The monoisotopic (exact) mass is 301 g/mol. The number of hydrogen-bond acceptors (Lipinski definition) is 2. The Kier molecular flexibility index (Phi) is 5.81. The lowest BCUT2D eigenvalue weighted by Crippen LogP contribution is -2.37. The summed E-state index contributed by atoms with van der Waals surface area (Å²) in [6.07, 6.45) is 0.320. The Bertz CT molecular complexity index is 471. The van der Waals surface area contributed by atoms with Gasteiger partial charge in [0, 0.05) is 12.1 Å². The van der Waals surface area contributed by atoms with Crippen molar-refractivity contribution >= 4 is 17.7 Å². The largest absolute Gasteiger partial charge is 0.444 e. The van der Waals surface area contributed by atoms with E-state index in [-0.39, 0.29) is 11.6 Å². The van der Waals surface area contributed by atoms with Crippen LogP contribution in [0.1, 0.15) is 39.7 Å². The number of halogens is 2. The molecule has 3 nitrogen and oxygen atoms in total. The van der Waals surface area contributed by atoms with Gasteiger partial charge in [-0.2, -0.15) is 0 Å². The molecule has 20 heavy (non-hydrogen) atoms. The van der Waals surface area contributed by atoms with E-state index in [1.54, 1.807) is 32.9 Å². The van der Waals surface area contributed by atoms with E-state index in [2.05, 4.69) is 0 Å². The van der Waals surface area contributed by atoms with E-state index in [1.807, 2.05) is 6.92 Å². The molecule has 0 fully saturated rings. The molecule has 0 spiro atoms. The molecule has 0 heterocycles. The molecule has 0 bridgehead atoms. The SMILES string of the molecule is CCCN(Cc1cccc(Cl)c1F)C(=O)OC(C)(C)C. The Morgan fingerprint density at radius 1 is 1.40 bits per heavy atom. The van der Waals surface area contributed by atoms with Gasteiger partial charge in [0.15, 0.2) is 0 Å². The van der Waals surface area contributed by atoms with E-state index < -0.39 is 17.5 Å². The van der Waals surface area contributed by atoms with Crippen LogP contribution < -0.4 is 0 Å². The third kappa shape index (κ3) is 5.00. The van der Waals surface area contributed by atoms with E-state index in [1.165, 1.54) is 11.0 Å². The zero-order valence-corrected chi connectivity index (χ0v) is 13.1. The zero-order chi connectivity index (χ0) is 15.3. The van der Waals surface area contributed by atoms with E-state index in [0.29, 0.717) is 12.1 Å². The molecule has 0 aliphatic carbocycles. The van der Waals surface area contributed by atoms with Gasteiger partial charge in [-0.3, -0.25) is 0 Å². The van der Waals surface area contributed by atoms with E-state index in [0.717, 1.165) is 6.42 Å². The van der Waals surface area contributed by atoms with Gasteiger partial charge >= 0.3 is 6.09 Å². The topological polar surface area (TPSA) is 29.5 Å². The number of amides is 1. The Labute approximate surface area is 124 Å². The molecular formula is C15H21ClFNO2. The van der Waals surface area contributed by atoms with Gasteiger partial charge in [-0.15, -0.1) is 0 Å². The van der Waals surface area contributed by atoms with Crippen LogP contribution in [0.5, 0.6) is 0 Å². The van der Waals surface area contributed by atoms with Crippen LogP contribution in [-0.2, 0) is 11.3 Å². The molecule has 0 aromatic heterocycles. The van der Waals surface area contributed by atoms with Crippen molar-refractivity contribution in [2.75, 3.05) is 6.54 Å². The quantitative estimate of drug-likeness (QED) is 0.811. The maximum Gasteiger partial charge on any atom is 0.410 e. The van der Waals surface area contributed by atoms with Crippen LogP contribution in [0.4, 0.5) is 9.18 Å². The summed E-state index contributed by atoms with van der Waals surface area (Å²) >= 11 is 5.75. The van der Waals surface area contributed by atoms with Gasteiger partial charge in [0.1, 0.15) is 11.4 Å². The normalized spacial score (nSPS) is 11.3. The first-order chi connectivity index (χ1) is 9.24. The lowest BCUT2D eigenvalue weighted by Gasteiger charge is -2.27. The van der Waals surface area contributed by atoms with Gasteiger partial charge in [0.05, 0.1) is 11.6 Å². The molecule has 5 heteroatoms. The summed E-state index contributed by atoms with van der Waals surface area (Å²) in [4.78, 5) is 13.6. The Morgan fingerprint density at radius 3 is 2.60 bits per heavy atom. The highest BCUT2D eigenvalue weighted by molar-refractivity contribution is 6.30. The van der Waals surface area contributed by atoms with Crippen LogP contribution in [0.15, 0.2) is 18.2 Å². The molecule has 0 saturated heterocycles. The number of carbonyl (C=O) groups excluding carboxylic acids is 1. The minimum Gasteiger partial charge on any atom is -0.444 e. The van der Waals surface area contributed by atoms with Crippen molar-refractivity contribution in [1.82, 2.24) is 4.90 Å². The van der Waals surface area contributed by atoms with Crippen molar-refractivity contribution < 1.29 is 13.9 Å². The molecule has 0 unspecified atom stereocenters. The second-order valence-electron chi connectivity index (χ2n) is 5.61. The second kappa shape index (κ2) is 6.93. The van der Waals surface area contributed by atoms with Gasteiger partial charge in [-0.25, -0.2) is 9.18 Å². The fourth-order valence-electron chi connectivity index (χ4n) is 1.71. The smallest absolute Gasteiger partial charge is 0.410 e. The molecule has 0 saturated carbocycles. The maximum absolute atomic E-state index is 13.9. The van der Waals surface area contributed by atoms with Crippen molar-refractivity contribution in [3.8, 4) is 0 Å². The molecule has 1 amide bonds. The molecule has 1 aromatic rings. The Hall–Kier alpha value is -1.29. The van der Waals surface area contributed by atoms with Crippen molar-refractivity contribution in [1.29, 1.82) is 0 Å². The first kappa shape index (κ1) is 16.8. The predicted octanol–water partition coefficient (Wildman–Crippen LogP) is 4.63. The van der Waals surface area contributed by atoms with E-state index >= 15 is 0 Å². The second-order valence-corrected chi connectivity index (χ2v) is 6.02. The average Bonchev–Trinajstić information content (AvgIpc) is 2.32. The molecular weight excluding hydrogens is 281 g/mol. The lowest BCUT2D eigenvalue weighted by atomic mass is 10.2. The van der Waals surface area contributed by atoms with Crippen molar-refractivity contribution in [3.05, 3.63) is 34.6 Å². The fraction of sp³-hybridized carbons (Fsp3) is 0.533. The van der Waals surface area contributed by atoms with Gasteiger partial charge in [0.25, 0.3) is 0 Å². The number of carbonyl (C=O) groups is 1. The fourth-order valence-corrected chi connectivity index (χ4v) is 1.90. The first-order valence-electron chi connectivity index (χ1n) is 6.65. The minimum atomic E-state index is -0.573. The molecule has 0 aliphatic rings. The van der Waals surface area contributed by atoms with Crippen LogP contribution in [0.3, 0.4) is 0 Å². The van der Waals surface area contributed by atoms with Crippen molar-refractivity contribution in [2.45, 2.75) is 46.3 Å². The number of nitrogens with zero attached hydrogens (tertiary/aromatic N) is 1. The summed E-state index contributed by atoms with van der Waals surface area (Å²) in [6, 6.07) is 4.77. The summed E-state index contributed by atoms with van der Waals surface area (Å²) in [7, 11) is 0. The van der Waals surface area contributed by atoms with Crippen LogP contribution >= 0.6 is 11.6 Å². The molecule has 0 radical (unpaired) electrons. The van der Waals surface area contributed by atoms with E-state index in [4.69, 9.17) is 16.3 Å². The molecule has 0 N–H and O–H groups in total. The van der Waals surface area contributed by atoms with Crippen molar-refractivity contribution in [3.63, 3.8) is 0 Å². The summed E-state index contributed by atoms with van der Waals surface area (Å²) in [6.45, 7) is 8.00. The van der Waals surface area contributed by atoms with E-state index in [9.17, 15) is 9.18 Å². The number of benzene rings is 1. The summed E-state index contributed by atoms with van der Waals surface area (Å²) in [5.41, 5.74) is -0.188. The van der Waals surface area contributed by atoms with Gasteiger partial charge in [0.2, 0.25) is 0 Å². The lowest BCUT2D eigenvalue weighted by molar-refractivity contribution is 0.0232. The molecule has 112 valence electrons.